The summed E-state index contributed by atoms with van der Waals surface area (Å²) in [5.74, 6) is -4.24. The maximum absolute atomic E-state index is 12.9. The Morgan fingerprint density at radius 2 is 1.91 bits per heavy atom. The largest absolute Gasteiger partial charge is 0.464 e. The van der Waals surface area contributed by atoms with E-state index in [0.717, 1.165) is 0 Å². The SMILES string of the molecule is CC(=O)C(N1COCC1C(=O)OCCC(F)=C(F)F)C(F)(F)F. The predicted octanol–water partition coefficient (Wildman–Crippen LogP) is 2.18. The second-order valence-corrected chi connectivity index (χ2v) is 4.67. The minimum absolute atomic E-state index is 0.464. The number of carbonyl (C=O) groups is 2. The predicted molar refractivity (Wildman–Crippen MR) is 62.9 cm³/mol. The van der Waals surface area contributed by atoms with Gasteiger partial charge in [0.05, 0.1) is 13.2 Å². The molecule has 23 heavy (non-hydrogen) atoms. The van der Waals surface area contributed by atoms with Crippen molar-refractivity contribution in [2.24, 2.45) is 0 Å². The molecular weight excluding hydrogens is 336 g/mol. The summed E-state index contributed by atoms with van der Waals surface area (Å²) in [5.41, 5.74) is 0. The number of alkyl halides is 3. The van der Waals surface area contributed by atoms with Crippen LogP contribution in [0.1, 0.15) is 13.3 Å². The molecular formula is C12H13F6NO4. The highest BCUT2D eigenvalue weighted by Crippen LogP contribution is 2.29. The molecule has 0 amide bonds. The smallest absolute Gasteiger partial charge is 0.411 e. The van der Waals surface area contributed by atoms with Crippen LogP contribution in [-0.4, -0.2) is 54.9 Å². The number of rotatable bonds is 6. The number of nitrogens with zero attached hydrogens (tertiary/aromatic N) is 1. The molecule has 11 heteroatoms. The molecule has 0 aromatic rings. The molecule has 1 aliphatic rings. The van der Waals surface area contributed by atoms with Crippen LogP contribution in [0.2, 0.25) is 0 Å². The second-order valence-electron chi connectivity index (χ2n) is 4.67. The summed E-state index contributed by atoms with van der Waals surface area (Å²) < 4.78 is 84.1. The quantitative estimate of drug-likeness (QED) is 0.543. The molecule has 0 saturated carbocycles. The Labute approximate surface area is 126 Å². The molecule has 0 spiro atoms. The molecule has 0 aromatic heterocycles. The Balaban J connectivity index is 2.72. The van der Waals surface area contributed by atoms with E-state index in [-0.39, 0.29) is 0 Å². The van der Waals surface area contributed by atoms with Gasteiger partial charge in [-0.15, -0.1) is 0 Å². The van der Waals surface area contributed by atoms with Crippen molar-refractivity contribution < 1.29 is 45.4 Å². The van der Waals surface area contributed by atoms with Crippen LogP contribution in [0.25, 0.3) is 0 Å². The summed E-state index contributed by atoms with van der Waals surface area (Å²) in [6.45, 7) is -1.16. The lowest BCUT2D eigenvalue weighted by Crippen LogP contribution is -2.54. The van der Waals surface area contributed by atoms with E-state index in [4.69, 9.17) is 4.74 Å². The van der Waals surface area contributed by atoms with E-state index in [1.165, 1.54) is 0 Å². The van der Waals surface area contributed by atoms with Crippen LogP contribution in [0, 0.1) is 0 Å². The van der Waals surface area contributed by atoms with Crippen molar-refractivity contribution in [3.63, 3.8) is 0 Å². The number of ether oxygens (including phenoxy) is 2. The van der Waals surface area contributed by atoms with Crippen LogP contribution in [0.3, 0.4) is 0 Å². The highest BCUT2D eigenvalue weighted by molar-refractivity contribution is 5.84. The van der Waals surface area contributed by atoms with Crippen LogP contribution in [0.5, 0.6) is 0 Å². The summed E-state index contributed by atoms with van der Waals surface area (Å²) in [7, 11) is 0. The van der Waals surface area contributed by atoms with Gasteiger partial charge in [-0.25, -0.2) is 9.29 Å². The van der Waals surface area contributed by atoms with Gasteiger partial charge in [0.15, 0.2) is 17.7 Å². The Morgan fingerprint density at radius 3 is 2.39 bits per heavy atom. The van der Waals surface area contributed by atoms with Crippen molar-refractivity contribution in [2.75, 3.05) is 19.9 Å². The summed E-state index contributed by atoms with van der Waals surface area (Å²) in [6.07, 6.45) is -8.40. The molecule has 0 aliphatic carbocycles. The first-order chi connectivity index (χ1) is 10.6. The fourth-order valence-electron chi connectivity index (χ4n) is 2.00. The van der Waals surface area contributed by atoms with E-state index in [1.54, 1.807) is 0 Å². The van der Waals surface area contributed by atoms with Crippen LogP contribution < -0.4 is 0 Å². The Hall–Kier alpha value is -1.62. The van der Waals surface area contributed by atoms with Crippen molar-refractivity contribution in [3.05, 3.63) is 11.9 Å². The third-order valence-electron chi connectivity index (χ3n) is 2.99. The third-order valence-corrected chi connectivity index (χ3v) is 2.99. The molecule has 2 unspecified atom stereocenters. The van der Waals surface area contributed by atoms with Gasteiger partial charge in [-0.05, 0) is 6.92 Å². The maximum atomic E-state index is 12.9. The van der Waals surface area contributed by atoms with Crippen molar-refractivity contribution in [1.29, 1.82) is 0 Å². The van der Waals surface area contributed by atoms with Crippen molar-refractivity contribution in [3.8, 4) is 0 Å². The van der Waals surface area contributed by atoms with Crippen molar-refractivity contribution in [2.45, 2.75) is 31.6 Å². The van der Waals surface area contributed by atoms with E-state index < -0.39 is 68.3 Å². The lowest BCUT2D eigenvalue weighted by atomic mass is 10.1. The normalized spacial score (nSPS) is 20.2. The minimum Gasteiger partial charge on any atom is -0.464 e. The van der Waals surface area contributed by atoms with Gasteiger partial charge in [-0.3, -0.25) is 9.59 Å². The average molecular weight is 349 g/mol. The fourth-order valence-corrected chi connectivity index (χ4v) is 2.00. The van der Waals surface area contributed by atoms with Gasteiger partial charge in [0.2, 0.25) is 0 Å². The number of carbonyl (C=O) groups excluding carboxylic acids is 2. The zero-order valence-electron chi connectivity index (χ0n) is 11.8. The Kier molecular flexibility index (Phi) is 6.57. The van der Waals surface area contributed by atoms with E-state index in [9.17, 15) is 35.9 Å². The average Bonchev–Trinajstić information content (AvgIpc) is 2.84. The van der Waals surface area contributed by atoms with Crippen molar-refractivity contribution in [1.82, 2.24) is 4.90 Å². The molecule has 1 saturated heterocycles. The number of hydrogen-bond donors (Lipinski definition) is 0. The van der Waals surface area contributed by atoms with Crippen LogP contribution in [-0.2, 0) is 19.1 Å². The third kappa shape index (κ3) is 5.20. The lowest BCUT2D eigenvalue weighted by molar-refractivity contribution is -0.193. The fraction of sp³-hybridized carbons (Fsp3) is 0.667. The van der Waals surface area contributed by atoms with Gasteiger partial charge in [0, 0.05) is 6.42 Å². The number of hydrogen-bond acceptors (Lipinski definition) is 5. The van der Waals surface area contributed by atoms with Crippen molar-refractivity contribution >= 4 is 11.8 Å². The van der Waals surface area contributed by atoms with Gasteiger partial charge in [-0.1, -0.05) is 0 Å². The Morgan fingerprint density at radius 1 is 1.30 bits per heavy atom. The summed E-state index contributed by atoms with van der Waals surface area (Å²) in [4.78, 5) is 23.4. The van der Waals surface area contributed by atoms with E-state index in [0.29, 0.717) is 11.8 Å². The van der Waals surface area contributed by atoms with Gasteiger partial charge in [0.1, 0.15) is 12.8 Å². The zero-order chi connectivity index (χ0) is 17.8. The van der Waals surface area contributed by atoms with E-state index in [2.05, 4.69) is 4.74 Å². The first kappa shape index (κ1) is 19.4. The van der Waals surface area contributed by atoms with Crippen LogP contribution in [0.15, 0.2) is 11.9 Å². The molecule has 0 aromatic carbocycles. The molecule has 1 heterocycles. The molecule has 1 fully saturated rings. The molecule has 1 rings (SSSR count). The molecule has 0 N–H and O–H groups in total. The summed E-state index contributed by atoms with van der Waals surface area (Å²) in [5, 5.41) is 0. The molecule has 0 radical (unpaired) electrons. The molecule has 1 aliphatic heterocycles. The summed E-state index contributed by atoms with van der Waals surface area (Å²) in [6, 6.07) is -4.09. The Bertz CT molecular complexity index is 488. The first-order valence-corrected chi connectivity index (χ1v) is 6.32. The number of Topliss-reactive ketones (excluding diaryl/α,β-unsaturated/α-hetero) is 1. The second kappa shape index (κ2) is 7.77. The number of esters is 1. The monoisotopic (exact) mass is 349 g/mol. The molecule has 132 valence electrons. The lowest BCUT2D eigenvalue weighted by Gasteiger charge is -2.29. The van der Waals surface area contributed by atoms with E-state index in [1.807, 2.05) is 0 Å². The molecule has 2 atom stereocenters. The van der Waals surface area contributed by atoms with E-state index >= 15 is 0 Å². The minimum atomic E-state index is -4.93. The van der Waals surface area contributed by atoms with Gasteiger partial charge >= 0.3 is 18.2 Å². The van der Waals surface area contributed by atoms with Crippen LogP contribution in [0.4, 0.5) is 26.3 Å². The first-order valence-electron chi connectivity index (χ1n) is 6.32. The summed E-state index contributed by atoms with van der Waals surface area (Å²) >= 11 is 0. The molecule has 0 bridgehead atoms. The highest BCUT2D eigenvalue weighted by Gasteiger charge is 2.52. The topological polar surface area (TPSA) is 55.8 Å². The van der Waals surface area contributed by atoms with Crippen LogP contribution >= 0.6 is 0 Å². The standard InChI is InChI=1S/C12H13F6NO4/c1-6(20)9(12(16,17)18)19-5-22-4-8(19)11(21)23-3-2-7(13)10(14)15/h8-9H,2-5H2,1H3. The maximum Gasteiger partial charge on any atom is 0.411 e. The molecule has 5 nitrogen and oxygen atoms in total. The number of halogens is 6. The number of ketones is 1. The van der Waals surface area contributed by atoms with Gasteiger partial charge in [0.25, 0.3) is 0 Å². The van der Waals surface area contributed by atoms with Gasteiger partial charge in [-0.2, -0.15) is 22.0 Å². The highest BCUT2D eigenvalue weighted by atomic mass is 19.4. The zero-order valence-corrected chi connectivity index (χ0v) is 11.8. The van der Waals surface area contributed by atoms with Gasteiger partial charge < -0.3 is 9.47 Å².